The fourth-order valence-electron chi connectivity index (χ4n) is 5.58. The van der Waals surface area contributed by atoms with E-state index >= 15 is 0 Å². The van der Waals surface area contributed by atoms with Gasteiger partial charge >= 0.3 is 5.97 Å². The lowest BCUT2D eigenvalue weighted by Crippen LogP contribution is -2.52. The summed E-state index contributed by atoms with van der Waals surface area (Å²) in [6, 6.07) is 15.2. The van der Waals surface area contributed by atoms with Gasteiger partial charge in [0.15, 0.2) is 5.78 Å². The highest BCUT2D eigenvalue weighted by atomic mass is 19.1. The summed E-state index contributed by atoms with van der Waals surface area (Å²) in [4.78, 5) is 37.3. The predicted octanol–water partition coefficient (Wildman–Crippen LogP) is 4.55. The number of carboxylic acid groups (broad SMARTS) is 1. The van der Waals surface area contributed by atoms with Gasteiger partial charge in [0.05, 0.1) is 35.8 Å². The molecule has 2 saturated heterocycles. The van der Waals surface area contributed by atoms with Crippen LogP contribution in [-0.4, -0.2) is 74.7 Å². The van der Waals surface area contributed by atoms with Crippen molar-refractivity contribution in [2.24, 2.45) is 0 Å². The highest BCUT2D eigenvalue weighted by Crippen LogP contribution is 2.26. The normalized spacial score (nSPS) is 18.9. The van der Waals surface area contributed by atoms with E-state index in [1.165, 1.54) is 13.0 Å². The lowest BCUT2D eigenvalue weighted by atomic mass is 10.1. The minimum Gasteiger partial charge on any atom is -0.478 e. The Morgan fingerprint density at radius 2 is 1.91 bits per heavy atom. The molecule has 0 aliphatic carbocycles. The van der Waals surface area contributed by atoms with Crippen LogP contribution >= 0.6 is 0 Å². The van der Waals surface area contributed by atoms with Crippen LogP contribution in [0.4, 0.5) is 10.2 Å². The summed E-state index contributed by atoms with van der Waals surface area (Å²) in [6.45, 7) is 7.87. The third-order valence-corrected chi connectivity index (χ3v) is 8.23. The number of carbonyl (C=O) groups excluding carboxylic acids is 1. The quantitative estimate of drug-likeness (QED) is 0.267. The standard InChI is InChI=1S/C32H34FN5O5/c1-20-16-37(29-4-3-5-31(35-29)43-19-24-7-6-22(21(2)39)14-26(24)33)12-11-36(20)18-30-34-27-9-8-23(32(40)41)15-28(27)38(30)17-25-10-13-42-25/h3-9,14-15,20,25H,10-13,16-19H2,1-2H3,(H,40,41)/t20-,25-/m0/s1. The number of ether oxygens (including phenoxy) is 2. The van der Waals surface area contributed by atoms with E-state index in [0.717, 1.165) is 55.3 Å². The molecule has 2 aliphatic heterocycles. The van der Waals surface area contributed by atoms with Crippen molar-refractivity contribution in [3.8, 4) is 5.88 Å². The van der Waals surface area contributed by atoms with Crippen LogP contribution in [0.25, 0.3) is 11.0 Å². The van der Waals surface area contributed by atoms with E-state index in [1.54, 1.807) is 36.4 Å². The molecule has 0 unspecified atom stereocenters. The van der Waals surface area contributed by atoms with Crippen molar-refractivity contribution in [2.45, 2.75) is 52.1 Å². The van der Waals surface area contributed by atoms with E-state index in [2.05, 4.69) is 26.3 Å². The number of carbonyl (C=O) groups is 2. The number of hydrogen-bond acceptors (Lipinski definition) is 8. The van der Waals surface area contributed by atoms with Gasteiger partial charge in [-0.3, -0.25) is 9.69 Å². The molecular formula is C32H34FN5O5. The van der Waals surface area contributed by atoms with Gasteiger partial charge in [0.25, 0.3) is 0 Å². The minimum atomic E-state index is -0.959. The molecule has 2 atom stereocenters. The predicted molar refractivity (Wildman–Crippen MR) is 158 cm³/mol. The first-order valence-electron chi connectivity index (χ1n) is 14.5. The minimum absolute atomic E-state index is 0.00546. The SMILES string of the molecule is CC(=O)c1ccc(COc2cccc(N3CCN(Cc4nc5ccc(C(=O)O)cc5n4C[C@@H]4CCO4)[C@@H](C)C3)n2)c(F)c1. The highest BCUT2D eigenvalue weighted by Gasteiger charge is 2.28. The van der Waals surface area contributed by atoms with Crippen LogP contribution < -0.4 is 9.64 Å². The van der Waals surface area contributed by atoms with E-state index in [9.17, 15) is 19.1 Å². The number of ketones is 1. The molecule has 0 bridgehead atoms. The van der Waals surface area contributed by atoms with Crippen molar-refractivity contribution in [2.75, 3.05) is 31.1 Å². The second-order valence-corrected chi connectivity index (χ2v) is 11.2. The number of benzene rings is 2. The van der Waals surface area contributed by atoms with E-state index in [4.69, 9.17) is 14.5 Å². The van der Waals surface area contributed by atoms with Crippen molar-refractivity contribution in [3.05, 3.63) is 82.9 Å². The van der Waals surface area contributed by atoms with Crippen molar-refractivity contribution < 1.29 is 28.6 Å². The number of aromatic carboxylic acids is 1. The zero-order valence-electron chi connectivity index (χ0n) is 24.2. The second kappa shape index (κ2) is 12.1. The number of piperazine rings is 1. The average Bonchev–Trinajstić information content (AvgIpc) is 3.31. The van der Waals surface area contributed by atoms with Gasteiger partial charge in [-0.05, 0) is 50.6 Å². The van der Waals surface area contributed by atoms with Crippen LogP contribution in [0.3, 0.4) is 0 Å². The topological polar surface area (TPSA) is 110 Å². The van der Waals surface area contributed by atoms with Gasteiger partial charge in [-0.15, -0.1) is 0 Å². The Morgan fingerprint density at radius 3 is 2.60 bits per heavy atom. The van der Waals surface area contributed by atoms with Gasteiger partial charge in [-0.25, -0.2) is 14.2 Å². The first-order valence-corrected chi connectivity index (χ1v) is 14.5. The molecule has 224 valence electrons. The molecule has 4 aromatic rings. The zero-order valence-corrected chi connectivity index (χ0v) is 24.2. The number of anilines is 1. The van der Waals surface area contributed by atoms with Gasteiger partial charge in [-0.1, -0.05) is 18.2 Å². The third-order valence-electron chi connectivity index (χ3n) is 8.23. The molecule has 2 aromatic carbocycles. The molecule has 1 N–H and O–H groups in total. The molecule has 4 heterocycles. The molecule has 0 radical (unpaired) electrons. The molecule has 2 aromatic heterocycles. The summed E-state index contributed by atoms with van der Waals surface area (Å²) in [7, 11) is 0. The number of halogens is 1. The molecule has 0 amide bonds. The lowest BCUT2D eigenvalue weighted by molar-refractivity contribution is -0.0592. The fraction of sp³-hybridized carbons (Fsp3) is 0.375. The molecule has 6 rings (SSSR count). The maximum atomic E-state index is 14.4. The lowest BCUT2D eigenvalue weighted by Gasteiger charge is -2.40. The maximum absolute atomic E-state index is 14.4. The Kier molecular flexibility index (Phi) is 8.09. The number of hydrogen-bond donors (Lipinski definition) is 1. The van der Waals surface area contributed by atoms with Crippen LogP contribution in [0.15, 0.2) is 54.6 Å². The van der Waals surface area contributed by atoms with Crippen LogP contribution in [0, 0.1) is 5.82 Å². The second-order valence-electron chi connectivity index (χ2n) is 11.2. The van der Waals surface area contributed by atoms with E-state index in [0.29, 0.717) is 30.1 Å². The fourth-order valence-corrected chi connectivity index (χ4v) is 5.58. The number of aromatic nitrogens is 3. The molecule has 0 spiro atoms. The molecular weight excluding hydrogens is 553 g/mol. The summed E-state index contributed by atoms with van der Waals surface area (Å²) in [5, 5.41) is 9.53. The Morgan fingerprint density at radius 1 is 1.09 bits per heavy atom. The van der Waals surface area contributed by atoms with Gasteiger partial charge in [0.2, 0.25) is 5.88 Å². The average molecular weight is 588 g/mol. The molecule has 2 aliphatic rings. The smallest absolute Gasteiger partial charge is 0.335 e. The number of pyridine rings is 1. The first-order chi connectivity index (χ1) is 20.7. The molecule has 0 saturated carbocycles. The van der Waals surface area contributed by atoms with Crippen LogP contribution in [-0.2, 0) is 24.4 Å². The van der Waals surface area contributed by atoms with Gasteiger partial charge in [-0.2, -0.15) is 4.98 Å². The largest absolute Gasteiger partial charge is 0.478 e. The Balaban J connectivity index is 1.12. The van der Waals surface area contributed by atoms with Crippen molar-refractivity contribution in [1.82, 2.24) is 19.4 Å². The molecule has 11 heteroatoms. The number of fused-ring (bicyclic) bond motifs is 1. The number of imidazole rings is 1. The third kappa shape index (κ3) is 6.23. The van der Waals surface area contributed by atoms with E-state index in [1.807, 2.05) is 12.1 Å². The number of Topliss-reactive ketones (excluding diaryl/α,β-unsaturated/α-hetero) is 1. The maximum Gasteiger partial charge on any atom is 0.335 e. The van der Waals surface area contributed by atoms with Gasteiger partial charge in [0.1, 0.15) is 24.1 Å². The van der Waals surface area contributed by atoms with Crippen LogP contribution in [0.2, 0.25) is 0 Å². The molecule has 43 heavy (non-hydrogen) atoms. The van der Waals surface area contributed by atoms with E-state index in [-0.39, 0.29) is 30.1 Å². The number of nitrogens with zero attached hydrogens (tertiary/aromatic N) is 5. The Hall–Kier alpha value is -4.35. The van der Waals surface area contributed by atoms with Crippen molar-refractivity contribution >= 4 is 28.6 Å². The van der Waals surface area contributed by atoms with Crippen LogP contribution in [0.1, 0.15) is 52.4 Å². The van der Waals surface area contributed by atoms with Gasteiger partial charge < -0.3 is 24.0 Å². The van der Waals surface area contributed by atoms with Crippen molar-refractivity contribution in [1.29, 1.82) is 0 Å². The summed E-state index contributed by atoms with van der Waals surface area (Å²) >= 11 is 0. The van der Waals surface area contributed by atoms with Gasteiger partial charge in [0, 0.05) is 49.5 Å². The summed E-state index contributed by atoms with van der Waals surface area (Å²) in [5.74, 6) is 0.447. The monoisotopic (exact) mass is 587 g/mol. The number of carboxylic acids is 1. The number of rotatable bonds is 10. The summed E-state index contributed by atoms with van der Waals surface area (Å²) in [5.41, 5.74) is 2.51. The highest BCUT2D eigenvalue weighted by molar-refractivity contribution is 5.94. The Labute approximate surface area is 248 Å². The first kappa shape index (κ1) is 28.8. The summed E-state index contributed by atoms with van der Waals surface area (Å²) < 4.78 is 28.1. The van der Waals surface area contributed by atoms with Crippen molar-refractivity contribution in [3.63, 3.8) is 0 Å². The molecule has 2 fully saturated rings. The van der Waals surface area contributed by atoms with E-state index < -0.39 is 11.8 Å². The summed E-state index contributed by atoms with van der Waals surface area (Å²) in [6.07, 6.45) is 1.08. The van der Waals surface area contributed by atoms with Crippen LogP contribution in [0.5, 0.6) is 5.88 Å². The zero-order chi connectivity index (χ0) is 30.1. The molecule has 10 nitrogen and oxygen atoms in total. The Bertz CT molecular complexity index is 1670.